The zero-order valence-electron chi connectivity index (χ0n) is 17.8. The van der Waals surface area contributed by atoms with Gasteiger partial charge in [-0.15, -0.1) is 0 Å². The van der Waals surface area contributed by atoms with Gasteiger partial charge >= 0.3 is 6.03 Å². The lowest BCUT2D eigenvalue weighted by Gasteiger charge is -2.25. The Kier molecular flexibility index (Phi) is 6.54. The highest BCUT2D eigenvalue weighted by Crippen LogP contribution is 2.28. The van der Waals surface area contributed by atoms with Gasteiger partial charge < -0.3 is 10.6 Å². The molecule has 30 heavy (non-hydrogen) atoms. The molecule has 160 valence electrons. The van der Waals surface area contributed by atoms with Gasteiger partial charge in [-0.25, -0.2) is 9.48 Å². The summed E-state index contributed by atoms with van der Waals surface area (Å²) < 4.78 is 1.68. The third-order valence-corrected chi connectivity index (χ3v) is 5.30. The Hall–Kier alpha value is -3.16. The lowest BCUT2D eigenvalue weighted by atomic mass is 9.88. The minimum atomic E-state index is -0.895. The van der Waals surface area contributed by atoms with Crippen molar-refractivity contribution in [1.29, 1.82) is 0 Å². The van der Waals surface area contributed by atoms with Crippen LogP contribution in [-0.2, 0) is 16.1 Å². The van der Waals surface area contributed by atoms with Gasteiger partial charge in [0.05, 0.1) is 12.7 Å². The quantitative estimate of drug-likeness (QED) is 0.620. The maximum Gasteiger partial charge on any atom is 0.325 e. The summed E-state index contributed by atoms with van der Waals surface area (Å²) in [4.78, 5) is 39.0. The normalized spacial score (nSPS) is 15.4. The van der Waals surface area contributed by atoms with Crippen molar-refractivity contribution < 1.29 is 14.4 Å². The van der Waals surface area contributed by atoms with Gasteiger partial charge in [0.1, 0.15) is 17.9 Å². The summed E-state index contributed by atoms with van der Waals surface area (Å²) in [6.45, 7) is 6.15. The van der Waals surface area contributed by atoms with Gasteiger partial charge in [0.2, 0.25) is 5.91 Å². The lowest BCUT2D eigenvalue weighted by molar-refractivity contribution is -0.134. The van der Waals surface area contributed by atoms with E-state index in [0.29, 0.717) is 25.2 Å². The van der Waals surface area contributed by atoms with Crippen molar-refractivity contribution in [3.8, 4) is 0 Å². The lowest BCUT2D eigenvalue weighted by Crippen LogP contribution is -2.47. The Labute approximate surface area is 176 Å². The molecule has 1 aromatic heterocycles. The molecule has 0 atom stereocenters. The predicted octanol–water partition coefficient (Wildman–Crippen LogP) is 3.07. The number of imide groups is 1. The molecule has 1 aliphatic heterocycles. The number of amides is 4. The molecule has 0 spiro atoms. The van der Waals surface area contributed by atoms with Gasteiger partial charge in [-0.3, -0.25) is 14.5 Å². The van der Waals surface area contributed by atoms with Crippen molar-refractivity contribution in [1.82, 2.24) is 20.0 Å². The summed E-state index contributed by atoms with van der Waals surface area (Å²) >= 11 is 0. The predicted molar refractivity (Wildman–Crippen MR) is 114 cm³/mol. The summed E-state index contributed by atoms with van der Waals surface area (Å²) in [7, 11) is 0. The van der Waals surface area contributed by atoms with Gasteiger partial charge in [0.15, 0.2) is 0 Å². The molecule has 1 saturated heterocycles. The molecule has 1 fully saturated rings. The molecule has 0 bridgehead atoms. The van der Waals surface area contributed by atoms with Crippen LogP contribution in [0.3, 0.4) is 0 Å². The average Bonchev–Trinajstić information content (AvgIpc) is 3.20. The van der Waals surface area contributed by atoms with Crippen LogP contribution < -0.4 is 10.6 Å². The summed E-state index contributed by atoms with van der Waals surface area (Å²) in [6, 6.07) is 9.23. The van der Waals surface area contributed by atoms with E-state index in [2.05, 4.69) is 21.8 Å². The van der Waals surface area contributed by atoms with Crippen LogP contribution in [-0.4, -0.2) is 44.6 Å². The van der Waals surface area contributed by atoms with Crippen LogP contribution >= 0.6 is 0 Å². The Bertz CT molecular complexity index is 930. The van der Waals surface area contributed by atoms with Crippen molar-refractivity contribution >= 4 is 23.7 Å². The highest BCUT2D eigenvalue weighted by atomic mass is 16.2. The third kappa shape index (κ3) is 4.53. The largest absolute Gasteiger partial charge is 0.325 e. The number of anilines is 1. The second kappa shape index (κ2) is 9.11. The van der Waals surface area contributed by atoms with Gasteiger partial charge in [0, 0.05) is 6.07 Å². The highest BCUT2D eigenvalue weighted by Gasteiger charge is 2.50. The zero-order valence-corrected chi connectivity index (χ0v) is 17.8. The van der Waals surface area contributed by atoms with Crippen LogP contribution in [0.25, 0.3) is 0 Å². The van der Waals surface area contributed by atoms with Crippen molar-refractivity contribution in [2.75, 3.05) is 11.9 Å². The summed E-state index contributed by atoms with van der Waals surface area (Å²) in [5, 5.41) is 9.86. The van der Waals surface area contributed by atoms with Gasteiger partial charge in [-0.2, -0.15) is 5.10 Å². The van der Waals surface area contributed by atoms with E-state index in [1.165, 1.54) is 0 Å². The summed E-state index contributed by atoms with van der Waals surface area (Å²) in [5.74, 6) is -0.241. The maximum atomic E-state index is 12.9. The molecular weight excluding hydrogens is 382 g/mol. The third-order valence-electron chi connectivity index (χ3n) is 5.30. The Balaban J connectivity index is 1.67. The average molecular weight is 412 g/mol. The molecule has 0 aliphatic carbocycles. The number of benzene rings is 1. The molecule has 1 aromatic carbocycles. The molecule has 0 radical (unpaired) electrons. The molecule has 8 nitrogen and oxygen atoms in total. The molecule has 0 saturated carbocycles. The van der Waals surface area contributed by atoms with Crippen molar-refractivity contribution in [3.05, 3.63) is 47.7 Å². The van der Waals surface area contributed by atoms with E-state index >= 15 is 0 Å². The van der Waals surface area contributed by atoms with Crippen molar-refractivity contribution in [2.24, 2.45) is 0 Å². The molecule has 3 rings (SSSR count). The van der Waals surface area contributed by atoms with E-state index in [1.54, 1.807) is 16.9 Å². The fourth-order valence-electron chi connectivity index (χ4n) is 4.01. The van der Waals surface area contributed by atoms with Crippen molar-refractivity contribution in [2.45, 2.75) is 58.5 Å². The molecule has 2 aromatic rings. The molecular formula is C22H29N5O3. The monoisotopic (exact) mass is 411 g/mol. The SMILES string of the molecule is CCCC1(CCC)NC(=O)N(CC(=O)Nc2ccnn2Cc2cccc(C)c2)C1=O. The number of nitrogens with one attached hydrogen (secondary N) is 2. The van der Waals surface area contributed by atoms with E-state index in [4.69, 9.17) is 0 Å². The van der Waals surface area contributed by atoms with Crippen LogP contribution in [0.15, 0.2) is 36.5 Å². The van der Waals surface area contributed by atoms with Gasteiger partial charge in [-0.1, -0.05) is 56.5 Å². The summed E-state index contributed by atoms with van der Waals surface area (Å²) in [5.41, 5.74) is 1.31. The fraction of sp³-hybridized carbons (Fsp3) is 0.455. The minimum absolute atomic E-state index is 0.320. The Morgan fingerprint density at radius 1 is 1.17 bits per heavy atom. The second-order valence-corrected chi connectivity index (χ2v) is 7.81. The standard InChI is InChI=1S/C22H29N5O3/c1-4-10-22(11-5-2)20(29)26(21(30)25-22)15-19(28)24-18-9-12-23-27(18)14-17-8-6-7-16(3)13-17/h6-9,12-13H,4-5,10-11,14-15H2,1-3H3,(H,24,28)(H,25,30). The number of aromatic nitrogens is 2. The summed E-state index contributed by atoms with van der Waals surface area (Å²) in [6.07, 6.45) is 4.26. The number of carbonyl (C=O) groups excluding carboxylic acids is 3. The van der Waals surface area contributed by atoms with Crippen LogP contribution in [0.5, 0.6) is 0 Å². The topological polar surface area (TPSA) is 96.3 Å². The number of carbonyl (C=O) groups is 3. The van der Waals surface area contributed by atoms with Gasteiger partial charge in [0.25, 0.3) is 5.91 Å². The van der Waals surface area contributed by atoms with Gasteiger partial charge in [-0.05, 0) is 25.3 Å². The number of urea groups is 1. The first-order valence-corrected chi connectivity index (χ1v) is 10.4. The molecule has 8 heteroatoms. The van der Waals surface area contributed by atoms with E-state index < -0.39 is 17.5 Å². The number of rotatable bonds is 9. The first kappa shape index (κ1) is 21.5. The second-order valence-electron chi connectivity index (χ2n) is 7.81. The van der Waals surface area contributed by atoms with E-state index in [1.807, 2.05) is 39.0 Å². The number of nitrogens with zero attached hydrogens (tertiary/aromatic N) is 3. The first-order valence-electron chi connectivity index (χ1n) is 10.4. The van der Waals surface area contributed by atoms with Crippen LogP contribution in [0, 0.1) is 6.92 Å². The molecule has 2 heterocycles. The Morgan fingerprint density at radius 2 is 1.90 bits per heavy atom. The molecule has 1 aliphatic rings. The fourth-order valence-corrected chi connectivity index (χ4v) is 4.01. The smallest absolute Gasteiger partial charge is 0.323 e. The minimum Gasteiger partial charge on any atom is -0.323 e. The van der Waals surface area contributed by atoms with Crippen LogP contribution in [0.1, 0.15) is 50.7 Å². The number of aryl methyl sites for hydroxylation is 1. The highest BCUT2D eigenvalue weighted by molar-refractivity contribution is 6.10. The van der Waals surface area contributed by atoms with E-state index in [0.717, 1.165) is 28.9 Å². The molecule has 0 unspecified atom stereocenters. The first-order chi connectivity index (χ1) is 14.4. The molecule has 4 amide bonds. The Morgan fingerprint density at radius 3 is 2.57 bits per heavy atom. The number of hydrogen-bond donors (Lipinski definition) is 2. The van der Waals surface area contributed by atoms with Crippen LogP contribution in [0.2, 0.25) is 0 Å². The zero-order chi connectivity index (χ0) is 21.7. The number of hydrogen-bond acceptors (Lipinski definition) is 4. The van der Waals surface area contributed by atoms with E-state index in [-0.39, 0.29) is 12.5 Å². The van der Waals surface area contributed by atoms with Crippen molar-refractivity contribution in [3.63, 3.8) is 0 Å². The van der Waals surface area contributed by atoms with E-state index in [9.17, 15) is 14.4 Å². The molecule has 2 N–H and O–H groups in total. The van der Waals surface area contributed by atoms with Crippen LogP contribution in [0.4, 0.5) is 10.6 Å². The maximum absolute atomic E-state index is 12.9.